The van der Waals surface area contributed by atoms with Crippen molar-refractivity contribution < 1.29 is 4.79 Å². The summed E-state index contributed by atoms with van der Waals surface area (Å²) in [4.78, 5) is 29.1. The lowest BCUT2D eigenvalue weighted by Gasteiger charge is -2.39. The second kappa shape index (κ2) is 8.91. The predicted octanol–water partition coefficient (Wildman–Crippen LogP) is 2.65. The maximum atomic E-state index is 13.2. The number of hydrogen-bond acceptors (Lipinski definition) is 5. The number of nitrogens with zero attached hydrogens (tertiary/aromatic N) is 5. The molecule has 0 spiro atoms. The van der Waals surface area contributed by atoms with Crippen LogP contribution >= 0.6 is 0 Å². The van der Waals surface area contributed by atoms with Crippen LogP contribution in [-0.2, 0) is 11.3 Å². The van der Waals surface area contributed by atoms with Crippen molar-refractivity contribution in [2.24, 2.45) is 5.92 Å². The van der Waals surface area contributed by atoms with Crippen LogP contribution in [0.2, 0.25) is 0 Å². The highest BCUT2D eigenvalue weighted by Gasteiger charge is 2.32. The number of carbonyl (C=O) groups is 1. The van der Waals surface area contributed by atoms with E-state index in [1.54, 1.807) is 0 Å². The summed E-state index contributed by atoms with van der Waals surface area (Å²) in [5, 5.41) is 0. The van der Waals surface area contributed by atoms with Gasteiger partial charge in [0, 0.05) is 57.2 Å². The van der Waals surface area contributed by atoms with Gasteiger partial charge in [-0.1, -0.05) is 30.3 Å². The highest BCUT2D eigenvalue weighted by atomic mass is 16.2. The minimum Gasteiger partial charge on any atom is -0.340 e. The topological polar surface area (TPSA) is 52.6 Å². The molecule has 2 fully saturated rings. The zero-order valence-corrected chi connectivity index (χ0v) is 17.5. The Morgan fingerprint density at radius 3 is 2.38 bits per heavy atom. The second-order valence-corrected chi connectivity index (χ2v) is 8.32. The van der Waals surface area contributed by atoms with Gasteiger partial charge in [-0.3, -0.25) is 9.69 Å². The van der Waals surface area contributed by atoms with E-state index < -0.39 is 0 Å². The van der Waals surface area contributed by atoms with Crippen LogP contribution in [0.5, 0.6) is 0 Å². The smallest absolute Gasteiger partial charge is 0.227 e. The summed E-state index contributed by atoms with van der Waals surface area (Å²) < 4.78 is 0. The third-order valence-electron chi connectivity index (χ3n) is 5.96. The Morgan fingerprint density at radius 1 is 1.00 bits per heavy atom. The monoisotopic (exact) mass is 393 g/mol. The largest absolute Gasteiger partial charge is 0.340 e. The molecule has 6 heteroatoms. The lowest BCUT2D eigenvalue weighted by atomic mass is 9.96. The van der Waals surface area contributed by atoms with Crippen molar-refractivity contribution in [2.45, 2.75) is 33.2 Å². The maximum Gasteiger partial charge on any atom is 0.227 e. The number of hydrogen-bond donors (Lipinski definition) is 0. The molecule has 0 bridgehead atoms. The molecule has 2 aliphatic heterocycles. The van der Waals surface area contributed by atoms with Crippen molar-refractivity contribution in [3.63, 3.8) is 0 Å². The van der Waals surface area contributed by atoms with Gasteiger partial charge in [0.1, 0.15) is 0 Å². The highest BCUT2D eigenvalue weighted by Crippen LogP contribution is 2.23. The first kappa shape index (κ1) is 19.8. The van der Waals surface area contributed by atoms with Gasteiger partial charge in [-0.05, 0) is 38.3 Å². The molecule has 2 aliphatic rings. The van der Waals surface area contributed by atoms with Gasteiger partial charge < -0.3 is 9.80 Å². The van der Waals surface area contributed by atoms with E-state index in [9.17, 15) is 4.79 Å². The van der Waals surface area contributed by atoms with Crippen LogP contribution in [0.25, 0.3) is 0 Å². The molecule has 6 nitrogen and oxygen atoms in total. The minimum atomic E-state index is 0.0499. The zero-order chi connectivity index (χ0) is 20.2. The average Bonchev–Trinajstić information content (AvgIpc) is 2.74. The number of aryl methyl sites for hydroxylation is 2. The van der Waals surface area contributed by atoms with Crippen molar-refractivity contribution >= 4 is 11.9 Å². The summed E-state index contributed by atoms with van der Waals surface area (Å²) in [6, 6.07) is 12.6. The Hall–Kier alpha value is -2.47. The van der Waals surface area contributed by atoms with Crippen LogP contribution < -0.4 is 4.90 Å². The quantitative estimate of drug-likeness (QED) is 0.799. The van der Waals surface area contributed by atoms with E-state index in [1.807, 2.05) is 19.9 Å². The summed E-state index contributed by atoms with van der Waals surface area (Å²) in [6.07, 6.45) is 1.98. The third kappa shape index (κ3) is 4.93. The van der Waals surface area contributed by atoms with Crippen molar-refractivity contribution in [2.75, 3.05) is 44.2 Å². The molecule has 4 rings (SSSR count). The molecule has 154 valence electrons. The van der Waals surface area contributed by atoms with E-state index in [2.05, 4.69) is 55.0 Å². The molecule has 0 aliphatic carbocycles. The molecule has 1 atom stereocenters. The molecule has 1 aromatic carbocycles. The van der Waals surface area contributed by atoms with Crippen molar-refractivity contribution in [1.82, 2.24) is 19.8 Å². The Balaban J connectivity index is 1.32. The Morgan fingerprint density at radius 2 is 1.69 bits per heavy atom. The van der Waals surface area contributed by atoms with Crippen LogP contribution in [0.4, 0.5) is 5.95 Å². The Bertz CT molecular complexity index is 812. The summed E-state index contributed by atoms with van der Waals surface area (Å²) in [6.45, 7) is 10.1. The van der Waals surface area contributed by atoms with E-state index in [-0.39, 0.29) is 5.92 Å². The van der Waals surface area contributed by atoms with Crippen LogP contribution in [-0.4, -0.2) is 64.9 Å². The molecule has 0 unspecified atom stereocenters. The second-order valence-electron chi connectivity index (χ2n) is 8.32. The van der Waals surface area contributed by atoms with E-state index in [0.717, 1.165) is 76.0 Å². The number of carbonyl (C=O) groups excluding carboxylic acids is 1. The number of benzene rings is 1. The van der Waals surface area contributed by atoms with Crippen molar-refractivity contribution in [1.29, 1.82) is 0 Å². The van der Waals surface area contributed by atoms with Crippen molar-refractivity contribution in [3.05, 3.63) is 53.3 Å². The fraction of sp³-hybridized carbons (Fsp3) is 0.522. The van der Waals surface area contributed by atoms with Gasteiger partial charge in [0.15, 0.2) is 0 Å². The van der Waals surface area contributed by atoms with Crippen LogP contribution in [0.15, 0.2) is 36.4 Å². The molecule has 0 radical (unpaired) electrons. The van der Waals surface area contributed by atoms with Gasteiger partial charge >= 0.3 is 0 Å². The van der Waals surface area contributed by atoms with Crippen LogP contribution in [0, 0.1) is 19.8 Å². The lowest BCUT2D eigenvalue weighted by Crippen LogP contribution is -2.52. The number of rotatable bonds is 4. The standard InChI is InChI=1S/C23H31N5O/c1-18-15-19(2)25-23(24-18)28-10-6-9-21(17-28)22(29)27-13-11-26(12-14-27)16-20-7-4-3-5-8-20/h3-5,7-8,15,21H,6,9-14,16-17H2,1-2H3/t21-/m0/s1. The van der Waals surface area contributed by atoms with Crippen LogP contribution in [0.1, 0.15) is 29.8 Å². The zero-order valence-electron chi connectivity index (χ0n) is 17.5. The lowest BCUT2D eigenvalue weighted by molar-refractivity contribution is -0.137. The van der Waals surface area contributed by atoms with E-state index >= 15 is 0 Å². The molecule has 0 N–H and O–H groups in total. The summed E-state index contributed by atoms with van der Waals surface area (Å²) in [5.41, 5.74) is 3.30. The SMILES string of the molecule is Cc1cc(C)nc(N2CCC[C@H](C(=O)N3CCN(Cc4ccccc4)CC3)C2)n1. The first-order valence-electron chi connectivity index (χ1n) is 10.7. The Kier molecular flexibility index (Phi) is 6.09. The fourth-order valence-electron chi connectivity index (χ4n) is 4.44. The summed E-state index contributed by atoms with van der Waals surface area (Å²) in [7, 11) is 0. The number of aromatic nitrogens is 2. The molecule has 2 saturated heterocycles. The minimum absolute atomic E-state index is 0.0499. The molecule has 3 heterocycles. The average molecular weight is 394 g/mol. The molecular formula is C23H31N5O. The molecular weight excluding hydrogens is 362 g/mol. The van der Waals surface area contributed by atoms with Gasteiger partial charge in [-0.25, -0.2) is 9.97 Å². The molecule has 1 aromatic heterocycles. The summed E-state index contributed by atoms with van der Waals surface area (Å²) >= 11 is 0. The third-order valence-corrected chi connectivity index (χ3v) is 5.96. The Labute approximate surface area is 173 Å². The summed E-state index contributed by atoms with van der Waals surface area (Å²) in [5.74, 6) is 1.12. The van der Waals surface area contributed by atoms with E-state index in [0.29, 0.717) is 5.91 Å². The first-order chi connectivity index (χ1) is 14.1. The molecule has 1 amide bonds. The molecule has 0 saturated carbocycles. The highest BCUT2D eigenvalue weighted by molar-refractivity contribution is 5.79. The van der Waals surface area contributed by atoms with E-state index in [4.69, 9.17) is 0 Å². The van der Waals surface area contributed by atoms with Crippen molar-refractivity contribution in [3.8, 4) is 0 Å². The predicted molar refractivity (Wildman–Crippen MR) is 115 cm³/mol. The molecule has 2 aromatic rings. The van der Waals surface area contributed by atoms with Gasteiger partial charge in [-0.15, -0.1) is 0 Å². The van der Waals surface area contributed by atoms with Gasteiger partial charge in [0.05, 0.1) is 5.92 Å². The number of amides is 1. The van der Waals surface area contributed by atoms with E-state index in [1.165, 1.54) is 5.56 Å². The van der Waals surface area contributed by atoms with Gasteiger partial charge in [0.2, 0.25) is 11.9 Å². The molecule has 29 heavy (non-hydrogen) atoms. The first-order valence-corrected chi connectivity index (χ1v) is 10.7. The maximum absolute atomic E-state index is 13.2. The fourth-order valence-corrected chi connectivity index (χ4v) is 4.44. The number of piperazine rings is 1. The number of piperidine rings is 1. The number of anilines is 1. The normalized spacial score (nSPS) is 20.7. The van der Waals surface area contributed by atoms with Gasteiger partial charge in [0.25, 0.3) is 0 Å². The van der Waals surface area contributed by atoms with Gasteiger partial charge in [-0.2, -0.15) is 0 Å². The van der Waals surface area contributed by atoms with Crippen LogP contribution in [0.3, 0.4) is 0 Å².